The molecule has 3 N–H and O–H groups in total. The maximum absolute atomic E-state index is 12.3. The summed E-state index contributed by atoms with van der Waals surface area (Å²) >= 11 is 2.84. The fourth-order valence-electron chi connectivity index (χ4n) is 3.07. The number of carbonyl (C=O) groups is 2. The maximum atomic E-state index is 12.3. The minimum Gasteiger partial charge on any atom is -0.340 e. The third kappa shape index (κ3) is 5.39. The third-order valence-corrected chi connectivity index (χ3v) is 6.11. The summed E-state index contributed by atoms with van der Waals surface area (Å²) in [6, 6.07) is 3.83. The highest BCUT2D eigenvalue weighted by Crippen LogP contribution is 2.19. The number of hydrogen-bond donors (Lipinski definition) is 3. The van der Waals surface area contributed by atoms with Gasteiger partial charge in [0.05, 0.1) is 18.5 Å². The number of thiophene rings is 1. The van der Waals surface area contributed by atoms with E-state index in [2.05, 4.69) is 35.7 Å². The SMILES string of the molecule is O=C(Cc1csc(NC(=O)Cc2cccs2)n1)Nc1nc(N2CCCCC2)n[nH]1. The second-order valence-corrected chi connectivity index (χ2v) is 8.60. The number of nitrogens with one attached hydrogen (secondary N) is 3. The summed E-state index contributed by atoms with van der Waals surface area (Å²) in [6.45, 7) is 1.87. The number of H-pyrrole nitrogens is 1. The first-order valence-electron chi connectivity index (χ1n) is 9.39. The zero-order valence-electron chi connectivity index (χ0n) is 15.7. The summed E-state index contributed by atoms with van der Waals surface area (Å²) in [4.78, 5) is 36.1. The van der Waals surface area contributed by atoms with E-state index in [1.807, 2.05) is 17.5 Å². The van der Waals surface area contributed by atoms with Gasteiger partial charge >= 0.3 is 0 Å². The van der Waals surface area contributed by atoms with E-state index in [0.717, 1.165) is 30.8 Å². The van der Waals surface area contributed by atoms with Crippen molar-refractivity contribution in [3.05, 3.63) is 33.5 Å². The van der Waals surface area contributed by atoms with Gasteiger partial charge in [0.25, 0.3) is 0 Å². The normalized spacial score (nSPS) is 14.0. The minimum atomic E-state index is -0.242. The van der Waals surface area contributed by atoms with Gasteiger partial charge in [-0.25, -0.2) is 10.1 Å². The van der Waals surface area contributed by atoms with Crippen molar-refractivity contribution in [2.75, 3.05) is 28.6 Å². The number of nitrogens with zero attached hydrogens (tertiary/aromatic N) is 4. The number of rotatable bonds is 7. The van der Waals surface area contributed by atoms with Crippen molar-refractivity contribution >= 4 is 51.5 Å². The molecule has 2 amide bonds. The van der Waals surface area contributed by atoms with Crippen LogP contribution >= 0.6 is 22.7 Å². The first-order valence-corrected chi connectivity index (χ1v) is 11.2. The van der Waals surface area contributed by atoms with Gasteiger partial charge in [0, 0.05) is 23.3 Å². The highest BCUT2D eigenvalue weighted by molar-refractivity contribution is 7.14. The monoisotopic (exact) mass is 431 g/mol. The van der Waals surface area contributed by atoms with Crippen molar-refractivity contribution < 1.29 is 9.59 Å². The first-order chi connectivity index (χ1) is 14.2. The zero-order chi connectivity index (χ0) is 20.1. The minimum absolute atomic E-state index is 0.0943. The van der Waals surface area contributed by atoms with E-state index in [1.165, 1.54) is 29.1 Å². The van der Waals surface area contributed by atoms with Crippen LogP contribution in [0.3, 0.4) is 0 Å². The molecule has 1 aliphatic heterocycles. The van der Waals surface area contributed by atoms with Gasteiger partial charge in [-0.15, -0.1) is 27.8 Å². The lowest BCUT2D eigenvalue weighted by atomic mass is 10.1. The van der Waals surface area contributed by atoms with Crippen LogP contribution in [0, 0.1) is 0 Å². The van der Waals surface area contributed by atoms with Gasteiger partial charge in [-0.1, -0.05) is 6.07 Å². The summed E-state index contributed by atoms with van der Waals surface area (Å²) < 4.78 is 0. The molecule has 0 radical (unpaired) electrons. The smallest absolute Gasteiger partial charge is 0.246 e. The molecule has 11 heteroatoms. The molecule has 0 aromatic carbocycles. The molecule has 1 aliphatic rings. The van der Waals surface area contributed by atoms with Crippen LogP contribution in [0.1, 0.15) is 29.8 Å². The molecule has 0 atom stereocenters. The van der Waals surface area contributed by atoms with Gasteiger partial charge in [0.15, 0.2) is 5.13 Å². The maximum Gasteiger partial charge on any atom is 0.246 e. The van der Waals surface area contributed by atoms with E-state index >= 15 is 0 Å². The largest absolute Gasteiger partial charge is 0.340 e. The molecule has 1 saturated heterocycles. The Bertz CT molecular complexity index is 961. The van der Waals surface area contributed by atoms with Crippen LogP contribution in [0.15, 0.2) is 22.9 Å². The Kier molecular flexibility index (Phi) is 6.15. The highest BCUT2D eigenvalue weighted by atomic mass is 32.1. The molecular weight excluding hydrogens is 410 g/mol. The van der Waals surface area contributed by atoms with Crippen molar-refractivity contribution in [3.63, 3.8) is 0 Å². The van der Waals surface area contributed by atoms with E-state index in [4.69, 9.17) is 0 Å². The molecular formula is C18H21N7O2S2. The number of aromatic amines is 1. The number of aromatic nitrogens is 4. The Morgan fingerprint density at radius 2 is 1.90 bits per heavy atom. The van der Waals surface area contributed by atoms with Gasteiger partial charge in [0.1, 0.15) is 0 Å². The van der Waals surface area contributed by atoms with Crippen LogP contribution in [-0.4, -0.2) is 45.1 Å². The fraction of sp³-hybridized carbons (Fsp3) is 0.389. The van der Waals surface area contributed by atoms with Crippen molar-refractivity contribution in [2.45, 2.75) is 32.1 Å². The van der Waals surface area contributed by atoms with Gasteiger partial charge in [-0.3, -0.25) is 14.9 Å². The standard InChI is InChI=1S/C18H21N7O2S2/c26-14(20-16-22-17(24-23-16)25-6-2-1-3-7-25)9-12-11-29-18(19-12)21-15(27)10-13-5-4-8-28-13/h4-5,8,11H,1-3,6-7,9-10H2,(H,19,21,27)(H2,20,22,23,24,26). The van der Waals surface area contributed by atoms with E-state index < -0.39 is 0 Å². The van der Waals surface area contributed by atoms with Crippen molar-refractivity contribution in [3.8, 4) is 0 Å². The molecule has 4 heterocycles. The van der Waals surface area contributed by atoms with Crippen molar-refractivity contribution in [1.29, 1.82) is 0 Å². The van der Waals surface area contributed by atoms with E-state index in [-0.39, 0.29) is 18.2 Å². The van der Waals surface area contributed by atoms with Crippen LogP contribution in [-0.2, 0) is 22.4 Å². The van der Waals surface area contributed by atoms with Gasteiger partial charge < -0.3 is 10.2 Å². The second-order valence-electron chi connectivity index (χ2n) is 6.70. The Morgan fingerprint density at radius 3 is 2.69 bits per heavy atom. The van der Waals surface area contributed by atoms with Crippen LogP contribution < -0.4 is 15.5 Å². The average molecular weight is 432 g/mol. The number of anilines is 3. The lowest BCUT2D eigenvalue weighted by molar-refractivity contribution is -0.116. The fourth-order valence-corrected chi connectivity index (χ4v) is 4.50. The molecule has 0 bridgehead atoms. The van der Waals surface area contributed by atoms with Crippen molar-refractivity contribution in [1.82, 2.24) is 20.2 Å². The topological polar surface area (TPSA) is 116 Å². The number of thiazole rings is 1. The van der Waals surface area contributed by atoms with Crippen LogP contribution in [0.2, 0.25) is 0 Å². The summed E-state index contributed by atoms with van der Waals surface area (Å²) in [5.41, 5.74) is 0.592. The van der Waals surface area contributed by atoms with E-state index in [9.17, 15) is 9.59 Å². The van der Waals surface area contributed by atoms with Crippen LogP contribution in [0.25, 0.3) is 0 Å². The molecule has 29 heavy (non-hydrogen) atoms. The van der Waals surface area contributed by atoms with E-state index in [1.54, 1.807) is 5.38 Å². The number of piperidine rings is 1. The van der Waals surface area contributed by atoms with Crippen LogP contribution in [0.5, 0.6) is 0 Å². The molecule has 0 saturated carbocycles. The number of carbonyl (C=O) groups excluding carboxylic acids is 2. The van der Waals surface area contributed by atoms with Gasteiger partial charge in [0.2, 0.25) is 23.7 Å². The lowest BCUT2D eigenvalue weighted by Gasteiger charge is -2.24. The Balaban J connectivity index is 1.27. The number of hydrogen-bond acceptors (Lipinski definition) is 8. The summed E-state index contributed by atoms with van der Waals surface area (Å²) in [5.74, 6) is 0.581. The molecule has 4 rings (SSSR count). The average Bonchev–Trinajstić information content (AvgIpc) is 3.46. The molecule has 3 aromatic rings. The van der Waals surface area contributed by atoms with E-state index in [0.29, 0.717) is 29.1 Å². The summed E-state index contributed by atoms with van der Waals surface area (Å²) in [7, 11) is 0. The Hall–Kier alpha value is -2.79. The first kappa shape index (κ1) is 19.5. The molecule has 0 unspecified atom stereocenters. The van der Waals surface area contributed by atoms with Gasteiger partial charge in [-0.2, -0.15) is 4.98 Å². The molecule has 0 aliphatic carbocycles. The predicted molar refractivity (Wildman–Crippen MR) is 114 cm³/mol. The summed E-state index contributed by atoms with van der Waals surface area (Å²) in [6.07, 6.45) is 3.90. The quantitative estimate of drug-likeness (QED) is 0.530. The highest BCUT2D eigenvalue weighted by Gasteiger charge is 2.17. The van der Waals surface area contributed by atoms with Gasteiger partial charge in [-0.05, 0) is 30.7 Å². The van der Waals surface area contributed by atoms with Crippen LogP contribution in [0.4, 0.5) is 17.0 Å². The van der Waals surface area contributed by atoms with Crippen molar-refractivity contribution in [2.24, 2.45) is 0 Å². The predicted octanol–water partition coefficient (Wildman–Crippen LogP) is 2.68. The lowest BCUT2D eigenvalue weighted by Crippen LogP contribution is -2.30. The number of amides is 2. The Morgan fingerprint density at radius 1 is 1.07 bits per heavy atom. The zero-order valence-corrected chi connectivity index (χ0v) is 17.3. The summed E-state index contributed by atoms with van der Waals surface area (Å²) in [5, 5.41) is 16.6. The molecule has 3 aromatic heterocycles. The third-order valence-electron chi connectivity index (χ3n) is 4.42. The molecule has 1 fully saturated rings. The Labute approximate surface area is 175 Å². The molecule has 152 valence electrons. The molecule has 0 spiro atoms. The molecule has 9 nitrogen and oxygen atoms in total. The second kappa shape index (κ2) is 9.14.